The molecule has 1 saturated heterocycles. The van der Waals surface area contributed by atoms with Crippen LogP contribution in [0.3, 0.4) is 0 Å². The summed E-state index contributed by atoms with van der Waals surface area (Å²) >= 11 is 0. The highest BCUT2D eigenvalue weighted by Crippen LogP contribution is 2.52. The summed E-state index contributed by atoms with van der Waals surface area (Å²) in [7, 11) is 0. The van der Waals surface area contributed by atoms with Crippen molar-refractivity contribution in [1.29, 1.82) is 0 Å². The molecule has 2 saturated carbocycles. The first-order valence-electron chi connectivity index (χ1n) is 8.48. The average molecular weight is 302 g/mol. The number of hydrogen-bond acceptors (Lipinski definition) is 3. The number of rotatable bonds is 3. The summed E-state index contributed by atoms with van der Waals surface area (Å²) in [5, 5.41) is 2.99. The fourth-order valence-corrected chi connectivity index (χ4v) is 4.78. The Labute approximate surface area is 130 Å². The molecule has 4 aliphatic rings. The zero-order valence-corrected chi connectivity index (χ0v) is 12.7. The minimum absolute atomic E-state index is 0.0966. The second-order valence-corrected chi connectivity index (χ2v) is 7.16. The molecule has 1 heterocycles. The van der Waals surface area contributed by atoms with E-state index in [1.807, 2.05) is 0 Å². The fraction of sp³-hybridized carbons (Fsp3) is 0.706. The molecule has 4 rings (SSSR count). The maximum absolute atomic E-state index is 12.5. The Morgan fingerprint density at radius 1 is 1.05 bits per heavy atom. The molecule has 5 nitrogen and oxygen atoms in total. The van der Waals surface area contributed by atoms with Gasteiger partial charge in [-0.05, 0) is 31.1 Å². The third-order valence-electron chi connectivity index (χ3n) is 5.83. The molecular formula is C17H22N2O3. The first kappa shape index (κ1) is 14.0. The number of nitrogens with one attached hydrogen (secondary N) is 1. The van der Waals surface area contributed by atoms with E-state index >= 15 is 0 Å². The zero-order valence-electron chi connectivity index (χ0n) is 12.7. The molecule has 1 aliphatic heterocycles. The number of carbonyl (C=O) groups is 3. The van der Waals surface area contributed by atoms with E-state index in [9.17, 15) is 14.4 Å². The van der Waals surface area contributed by atoms with Crippen molar-refractivity contribution in [1.82, 2.24) is 10.2 Å². The Bertz CT molecular complexity index is 520. The molecule has 5 heteroatoms. The maximum atomic E-state index is 12.5. The van der Waals surface area contributed by atoms with Crippen molar-refractivity contribution < 1.29 is 14.4 Å². The van der Waals surface area contributed by atoms with Gasteiger partial charge in [-0.1, -0.05) is 31.4 Å². The van der Waals surface area contributed by atoms with Crippen LogP contribution in [0.2, 0.25) is 0 Å². The highest BCUT2D eigenvalue weighted by molar-refractivity contribution is 6.08. The number of fused-ring (bicyclic) bond motifs is 5. The molecule has 3 aliphatic carbocycles. The average Bonchev–Trinajstić information content (AvgIpc) is 3.18. The van der Waals surface area contributed by atoms with Gasteiger partial charge in [0, 0.05) is 6.04 Å². The second kappa shape index (κ2) is 5.21. The normalized spacial score (nSPS) is 37.0. The van der Waals surface area contributed by atoms with Gasteiger partial charge in [-0.15, -0.1) is 0 Å². The molecule has 0 radical (unpaired) electrons. The summed E-state index contributed by atoms with van der Waals surface area (Å²) in [6.07, 6.45) is 10.6. The summed E-state index contributed by atoms with van der Waals surface area (Å²) < 4.78 is 0. The van der Waals surface area contributed by atoms with Crippen LogP contribution in [-0.4, -0.2) is 35.2 Å². The lowest BCUT2D eigenvalue weighted by molar-refractivity contribution is -0.144. The van der Waals surface area contributed by atoms with Crippen LogP contribution in [0.25, 0.3) is 0 Å². The predicted octanol–water partition coefficient (Wildman–Crippen LogP) is 1.24. The van der Waals surface area contributed by atoms with Crippen LogP contribution >= 0.6 is 0 Å². The van der Waals surface area contributed by atoms with Gasteiger partial charge in [-0.2, -0.15) is 0 Å². The van der Waals surface area contributed by atoms with Crippen LogP contribution < -0.4 is 5.32 Å². The Morgan fingerprint density at radius 2 is 1.64 bits per heavy atom. The number of likely N-dealkylation sites (tertiary alicyclic amines) is 1. The zero-order chi connectivity index (χ0) is 15.3. The van der Waals surface area contributed by atoms with E-state index in [1.54, 1.807) is 0 Å². The summed E-state index contributed by atoms with van der Waals surface area (Å²) in [4.78, 5) is 38.4. The fourth-order valence-electron chi connectivity index (χ4n) is 4.78. The molecule has 4 atom stereocenters. The van der Waals surface area contributed by atoms with E-state index in [2.05, 4.69) is 17.5 Å². The van der Waals surface area contributed by atoms with Gasteiger partial charge < -0.3 is 5.32 Å². The van der Waals surface area contributed by atoms with E-state index in [1.165, 1.54) is 11.3 Å². The Balaban J connectivity index is 1.40. The van der Waals surface area contributed by atoms with Crippen LogP contribution in [0.1, 0.15) is 38.5 Å². The SMILES string of the molecule is O=C(CN1C(=O)[C@H]2[C@H](C1=O)[C@H]1C=C[C@H]2C1)NC1CCCCC1. The Hall–Kier alpha value is -1.65. The lowest BCUT2D eigenvalue weighted by atomic mass is 9.85. The number of imide groups is 1. The van der Waals surface area contributed by atoms with Gasteiger partial charge >= 0.3 is 0 Å². The Kier molecular flexibility index (Phi) is 3.31. The van der Waals surface area contributed by atoms with E-state index in [0.717, 1.165) is 32.1 Å². The van der Waals surface area contributed by atoms with Crippen LogP contribution in [0.15, 0.2) is 12.2 Å². The van der Waals surface area contributed by atoms with Gasteiger partial charge in [0.15, 0.2) is 0 Å². The van der Waals surface area contributed by atoms with Crippen molar-refractivity contribution in [3.8, 4) is 0 Å². The van der Waals surface area contributed by atoms with E-state index in [-0.39, 0.29) is 54.0 Å². The highest BCUT2D eigenvalue weighted by Gasteiger charge is 2.59. The van der Waals surface area contributed by atoms with Gasteiger partial charge in [0.2, 0.25) is 17.7 Å². The highest BCUT2D eigenvalue weighted by atomic mass is 16.2. The summed E-state index contributed by atoms with van der Waals surface area (Å²) in [5.74, 6) is -0.448. The molecule has 3 amide bonds. The summed E-state index contributed by atoms with van der Waals surface area (Å²) in [6.45, 7) is -0.0966. The lowest BCUT2D eigenvalue weighted by Crippen LogP contribution is -2.45. The maximum Gasteiger partial charge on any atom is 0.240 e. The van der Waals surface area contributed by atoms with E-state index < -0.39 is 0 Å². The quantitative estimate of drug-likeness (QED) is 0.630. The number of carbonyl (C=O) groups excluding carboxylic acids is 3. The topological polar surface area (TPSA) is 66.5 Å². The molecule has 0 unspecified atom stereocenters. The molecule has 0 aromatic heterocycles. The van der Waals surface area contributed by atoms with Crippen molar-refractivity contribution in [3.63, 3.8) is 0 Å². The van der Waals surface area contributed by atoms with Crippen molar-refractivity contribution >= 4 is 17.7 Å². The number of hydrogen-bond donors (Lipinski definition) is 1. The number of nitrogens with zero attached hydrogens (tertiary/aromatic N) is 1. The summed E-state index contributed by atoms with van der Waals surface area (Å²) in [5.41, 5.74) is 0. The molecule has 0 aromatic rings. The number of amides is 3. The van der Waals surface area contributed by atoms with Gasteiger partial charge in [0.05, 0.1) is 11.8 Å². The molecule has 22 heavy (non-hydrogen) atoms. The van der Waals surface area contributed by atoms with E-state index in [4.69, 9.17) is 0 Å². The van der Waals surface area contributed by atoms with Crippen LogP contribution in [0.5, 0.6) is 0 Å². The van der Waals surface area contributed by atoms with Crippen LogP contribution in [0.4, 0.5) is 0 Å². The minimum atomic E-state index is -0.204. The molecule has 0 spiro atoms. The largest absolute Gasteiger partial charge is 0.352 e. The molecule has 2 bridgehead atoms. The first-order chi connectivity index (χ1) is 10.6. The van der Waals surface area contributed by atoms with Crippen molar-refractivity contribution in [2.75, 3.05) is 6.54 Å². The second-order valence-electron chi connectivity index (χ2n) is 7.16. The van der Waals surface area contributed by atoms with Crippen LogP contribution in [0, 0.1) is 23.7 Å². The third kappa shape index (κ3) is 2.09. The first-order valence-corrected chi connectivity index (χ1v) is 8.48. The molecule has 0 aromatic carbocycles. The van der Waals surface area contributed by atoms with E-state index in [0.29, 0.717) is 0 Å². The standard InChI is InChI=1S/C17H22N2O3/c20-13(18-12-4-2-1-3-5-12)9-19-16(21)14-10-6-7-11(8-10)15(14)17(19)22/h6-7,10-12,14-15H,1-5,8-9H2,(H,18,20)/t10-,11-,14+,15+/m0/s1. The van der Waals surface area contributed by atoms with Crippen molar-refractivity contribution in [2.24, 2.45) is 23.7 Å². The monoisotopic (exact) mass is 302 g/mol. The summed E-state index contributed by atoms with van der Waals surface area (Å²) in [6, 6.07) is 0.214. The van der Waals surface area contributed by atoms with Crippen LogP contribution in [-0.2, 0) is 14.4 Å². The Morgan fingerprint density at radius 3 is 2.23 bits per heavy atom. The molecule has 118 valence electrons. The van der Waals surface area contributed by atoms with Crippen molar-refractivity contribution in [3.05, 3.63) is 12.2 Å². The predicted molar refractivity (Wildman–Crippen MR) is 79.5 cm³/mol. The van der Waals surface area contributed by atoms with Gasteiger partial charge in [-0.3, -0.25) is 19.3 Å². The van der Waals surface area contributed by atoms with Crippen molar-refractivity contribution in [2.45, 2.75) is 44.6 Å². The minimum Gasteiger partial charge on any atom is -0.352 e. The van der Waals surface area contributed by atoms with Gasteiger partial charge in [-0.25, -0.2) is 0 Å². The molecule has 1 N–H and O–H groups in total. The third-order valence-corrected chi connectivity index (χ3v) is 5.83. The van der Waals surface area contributed by atoms with Gasteiger partial charge in [0.1, 0.15) is 6.54 Å². The molecule has 3 fully saturated rings. The smallest absolute Gasteiger partial charge is 0.240 e. The number of allylic oxidation sites excluding steroid dienone is 2. The van der Waals surface area contributed by atoms with Gasteiger partial charge in [0.25, 0.3) is 0 Å². The lowest BCUT2D eigenvalue weighted by Gasteiger charge is -2.24. The molecular weight excluding hydrogens is 280 g/mol.